The number of benzene rings is 2. The summed E-state index contributed by atoms with van der Waals surface area (Å²) in [4.78, 5) is 19.5. The molecule has 0 saturated heterocycles. The Kier molecular flexibility index (Phi) is 6.99. The molecule has 0 radical (unpaired) electrons. The summed E-state index contributed by atoms with van der Waals surface area (Å²) in [7, 11) is 5.54. The summed E-state index contributed by atoms with van der Waals surface area (Å²) in [5.74, 6) is 1.20. The third-order valence-electron chi connectivity index (χ3n) is 5.66. The van der Waals surface area contributed by atoms with Crippen molar-refractivity contribution in [2.24, 2.45) is 0 Å². The molecule has 0 spiro atoms. The molecule has 0 unspecified atom stereocenters. The van der Waals surface area contributed by atoms with E-state index >= 15 is 0 Å². The number of hydrogen-bond acceptors (Lipinski definition) is 7. The SMILES string of the molecule is COc1ccc(C)c(Nc2ncc(-c3cc(C#N)cc(-c4cccn(CCN(C)C)c4=O)c3)o2)c1. The molecule has 0 saturated carbocycles. The molecule has 1 N–H and O–H groups in total. The van der Waals surface area contributed by atoms with Crippen molar-refractivity contribution in [3.63, 3.8) is 0 Å². The average molecular weight is 470 g/mol. The van der Waals surface area contributed by atoms with Crippen LogP contribution in [0.3, 0.4) is 0 Å². The second-order valence-electron chi connectivity index (χ2n) is 8.47. The number of pyridine rings is 1. The second-order valence-corrected chi connectivity index (χ2v) is 8.47. The van der Waals surface area contributed by atoms with E-state index in [1.807, 2.05) is 56.3 Å². The fourth-order valence-electron chi connectivity index (χ4n) is 3.67. The number of aromatic nitrogens is 2. The lowest BCUT2D eigenvalue weighted by atomic mass is 10.00. The van der Waals surface area contributed by atoms with Gasteiger partial charge >= 0.3 is 0 Å². The van der Waals surface area contributed by atoms with Gasteiger partial charge in [-0.15, -0.1) is 0 Å². The van der Waals surface area contributed by atoms with Crippen LogP contribution in [-0.4, -0.2) is 42.2 Å². The van der Waals surface area contributed by atoms with E-state index in [1.165, 1.54) is 0 Å². The molecule has 0 aliphatic rings. The van der Waals surface area contributed by atoms with E-state index in [-0.39, 0.29) is 5.56 Å². The molecular formula is C27H27N5O3. The first kappa shape index (κ1) is 23.8. The first-order chi connectivity index (χ1) is 16.9. The van der Waals surface area contributed by atoms with E-state index in [0.717, 1.165) is 23.5 Å². The minimum Gasteiger partial charge on any atom is -0.497 e. The molecule has 0 fully saturated rings. The molecule has 8 heteroatoms. The average Bonchev–Trinajstić information content (AvgIpc) is 3.33. The Morgan fingerprint density at radius 2 is 1.97 bits per heavy atom. The van der Waals surface area contributed by atoms with Crippen LogP contribution in [0.1, 0.15) is 11.1 Å². The van der Waals surface area contributed by atoms with Crippen molar-refractivity contribution in [3.05, 3.63) is 82.4 Å². The van der Waals surface area contributed by atoms with Crippen LogP contribution >= 0.6 is 0 Å². The molecule has 0 atom stereocenters. The molecule has 0 aliphatic carbocycles. The number of nitrogens with zero attached hydrogens (tertiary/aromatic N) is 4. The number of hydrogen-bond donors (Lipinski definition) is 1. The number of anilines is 2. The monoisotopic (exact) mass is 469 g/mol. The molecule has 2 aromatic carbocycles. The molecule has 0 bridgehead atoms. The number of methoxy groups -OCH3 is 1. The van der Waals surface area contributed by atoms with Gasteiger partial charge in [0, 0.05) is 42.2 Å². The van der Waals surface area contributed by atoms with Crippen molar-refractivity contribution < 1.29 is 9.15 Å². The van der Waals surface area contributed by atoms with E-state index < -0.39 is 0 Å². The van der Waals surface area contributed by atoms with E-state index in [1.54, 1.807) is 42.3 Å². The number of likely N-dealkylation sites (N-methyl/N-ethyl adjacent to an activating group) is 1. The summed E-state index contributed by atoms with van der Waals surface area (Å²) in [6.07, 6.45) is 3.37. The fourth-order valence-corrected chi connectivity index (χ4v) is 3.67. The highest BCUT2D eigenvalue weighted by Crippen LogP contribution is 2.30. The molecule has 2 aromatic heterocycles. The molecule has 8 nitrogen and oxygen atoms in total. The van der Waals surface area contributed by atoms with Crippen molar-refractivity contribution >= 4 is 11.7 Å². The van der Waals surface area contributed by atoms with Gasteiger partial charge in [0.1, 0.15) is 5.75 Å². The van der Waals surface area contributed by atoms with Crippen LogP contribution in [0.2, 0.25) is 0 Å². The quantitative estimate of drug-likeness (QED) is 0.401. The summed E-state index contributed by atoms with van der Waals surface area (Å²) < 4.78 is 12.9. The molecule has 4 aromatic rings. The number of oxazole rings is 1. The Morgan fingerprint density at radius 1 is 1.17 bits per heavy atom. The zero-order valence-corrected chi connectivity index (χ0v) is 20.2. The molecule has 0 aliphatic heterocycles. The van der Waals surface area contributed by atoms with Gasteiger partial charge in [0.2, 0.25) is 0 Å². The number of nitrogens with one attached hydrogen (secondary N) is 1. The van der Waals surface area contributed by atoms with Crippen molar-refractivity contribution in [1.82, 2.24) is 14.5 Å². The maximum absolute atomic E-state index is 13.1. The lowest BCUT2D eigenvalue weighted by Crippen LogP contribution is -2.26. The Bertz CT molecular complexity index is 1450. The van der Waals surface area contributed by atoms with Crippen LogP contribution in [0.5, 0.6) is 5.75 Å². The van der Waals surface area contributed by atoms with Gasteiger partial charge in [-0.3, -0.25) is 4.79 Å². The van der Waals surface area contributed by atoms with E-state index in [9.17, 15) is 10.1 Å². The lowest BCUT2D eigenvalue weighted by molar-refractivity contribution is 0.381. The van der Waals surface area contributed by atoms with E-state index in [4.69, 9.17) is 9.15 Å². The van der Waals surface area contributed by atoms with E-state index in [2.05, 4.69) is 16.4 Å². The van der Waals surface area contributed by atoms with Gasteiger partial charge < -0.3 is 23.9 Å². The van der Waals surface area contributed by atoms with Crippen LogP contribution in [0, 0.1) is 18.3 Å². The van der Waals surface area contributed by atoms with Gasteiger partial charge in [0.05, 0.1) is 24.9 Å². The topological polar surface area (TPSA) is 96.3 Å². The van der Waals surface area contributed by atoms with Crippen molar-refractivity contribution in [1.29, 1.82) is 5.26 Å². The smallest absolute Gasteiger partial charge is 0.299 e. The van der Waals surface area contributed by atoms with Gasteiger partial charge in [-0.1, -0.05) is 6.07 Å². The highest BCUT2D eigenvalue weighted by atomic mass is 16.5. The predicted molar refractivity (Wildman–Crippen MR) is 136 cm³/mol. The maximum Gasteiger partial charge on any atom is 0.299 e. The van der Waals surface area contributed by atoms with Crippen LogP contribution in [0.4, 0.5) is 11.7 Å². The molecular weight excluding hydrogens is 442 g/mol. The van der Waals surface area contributed by atoms with Crippen LogP contribution in [-0.2, 0) is 6.54 Å². The van der Waals surface area contributed by atoms with Crippen LogP contribution in [0.15, 0.2) is 70.1 Å². The third-order valence-corrected chi connectivity index (χ3v) is 5.66. The Labute approximate surface area is 204 Å². The number of ether oxygens (including phenoxy) is 1. The molecule has 35 heavy (non-hydrogen) atoms. The van der Waals surface area contributed by atoms with Crippen molar-refractivity contribution in [2.45, 2.75) is 13.5 Å². The Morgan fingerprint density at radius 3 is 2.71 bits per heavy atom. The summed E-state index contributed by atoms with van der Waals surface area (Å²) in [6, 6.07) is 17.1. The number of aryl methyl sites for hydroxylation is 1. The minimum atomic E-state index is -0.108. The standard InChI is InChI=1S/C27H27N5O3/c1-18-7-8-22(34-4)15-24(18)30-27-29-17-25(35-27)21-13-19(16-28)12-20(14-21)23-6-5-9-32(26(23)33)11-10-31(2)3/h5-9,12-15,17H,10-11H2,1-4H3,(H,29,30). The van der Waals surface area contributed by atoms with Crippen LogP contribution in [0.25, 0.3) is 22.5 Å². The molecule has 0 amide bonds. The summed E-state index contributed by atoms with van der Waals surface area (Å²) >= 11 is 0. The zero-order valence-electron chi connectivity index (χ0n) is 20.2. The molecule has 2 heterocycles. The highest BCUT2D eigenvalue weighted by molar-refractivity contribution is 5.73. The molecule has 4 rings (SSSR count). The van der Waals surface area contributed by atoms with Crippen LogP contribution < -0.4 is 15.6 Å². The zero-order chi connectivity index (χ0) is 24.9. The van der Waals surface area contributed by atoms with Gasteiger partial charge in [-0.2, -0.15) is 5.26 Å². The van der Waals surface area contributed by atoms with Crippen molar-refractivity contribution in [2.75, 3.05) is 33.1 Å². The largest absolute Gasteiger partial charge is 0.497 e. The second kappa shape index (κ2) is 10.3. The van der Waals surface area contributed by atoms with Gasteiger partial charge in [0.15, 0.2) is 5.76 Å². The predicted octanol–water partition coefficient (Wildman–Crippen LogP) is 4.66. The van der Waals surface area contributed by atoms with E-state index in [0.29, 0.717) is 40.6 Å². The third kappa shape index (κ3) is 5.42. The maximum atomic E-state index is 13.1. The van der Waals surface area contributed by atoms with Crippen molar-refractivity contribution in [3.8, 4) is 34.3 Å². The Balaban J connectivity index is 1.68. The normalized spacial score (nSPS) is 10.9. The summed E-state index contributed by atoms with van der Waals surface area (Å²) in [6.45, 7) is 3.29. The number of nitriles is 1. The lowest BCUT2D eigenvalue weighted by Gasteiger charge is -2.12. The highest BCUT2D eigenvalue weighted by Gasteiger charge is 2.14. The molecule has 178 valence electrons. The van der Waals surface area contributed by atoms with Gasteiger partial charge in [-0.25, -0.2) is 4.98 Å². The Hall–Kier alpha value is -4.35. The number of rotatable bonds is 8. The minimum absolute atomic E-state index is 0.108. The van der Waals surface area contributed by atoms with Gasteiger partial charge in [-0.05, 0) is 68.5 Å². The summed E-state index contributed by atoms with van der Waals surface area (Å²) in [5.41, 5.74) is 3.97. The first-order valence-electron chi connectivity index (χ1n) is 11.2. The fraction of sp³-hybridized carbons (Fsp3) is 0.222. The van der Waals surface area contributed by atoms with Gasteiger partial charge in [0.25, 0.3) is 11.6 Å². The summed E-state index contributed by atoms with van der Waals surface area (Å²) in [5, 5.41) is 12.8. The first-order valence-corrected chi connectivity index (χ1v) is 11.2.